The summed E-state index contributed by atoms with van der Waals surface area (Å²) in [6.45, 7) is 1.76. The Labute approximate surface area is 78.9 Å². The Morgan fingerprint density at radius 2 is 2.29 bits per heavy atom. The summed E-state index contributed by atoms with van der Waals surface area (Å²) in [6, 6.07) is 1.65. The Bertz CT molecular complexity index is 469. The summed E-state index contributed by atoms with van der Waals surface area (Å²) < 4.78 is 9.73. The molecule has 0 fully saturated rings. The van der Waals surface area contributed by atoms with Crippen molar-refractivity contribution in [3.63, 3.8) is 0 Å². The summed E-state index contributed by atoms with van der Waals surface area (Å²) in [5.41, 5.74) is 1.16. The Kier molecular flexibility index (Phi) is 1.85. The van der Waals surface area contributed by atoms with E-state index in [1.807, 2.05) is 0 Å². The molecule has 0 spiro atoms. The van der Waals surface area contributed by atoms with Gasteiger partial charge in [-0.15, -0.1) is 0 Å². The molecule has 2 rings (SSSR count). The highest BCUT2D eigenvalue weighted by atomic mass is 16.5. The van der Waals surface area contributed by atoms with Crippen LogP contribution >= 0.6 is 0 Å². The molecule has 0 bridgehead atoms. The zero-order valence-corrected chi connectivity index (χ0v) is 7.35. The lowest BCUT2D eigenvalue weighted by Gasteiger charge is -1.90. The summed E-state index contributed by atoms with van der Waals surface area (Å²) in [5, 5.41) is 12.5. The zero-order chi connectivity index (χ0) is 10.1. The largest absolute Gasteiger partial charge is 0.478 e. The molecule has 2 aromatic rings. The standard InChI is InChI=1S/C9H7NO4/c1-5-2-8(14-10-5)6-3-13-4-7(6)9(11)12/h2-4H,1H3,(H,11,12). The molecule has 0 amide bonds. The lowest BCUT2D eigenvalue weighted by molar-refractivity contribution is 0.0696. The Morgan fingerprint density at radius 3 is 2.86 bits per heavy atom. The molecular weight excluding hydrogens is 186 g/mol. The van der Waals surface area contributed by atoms with Crippen LogP contribution in [0.5, 0.6) is 0 Å². The molecule has 1 N–H and O–H groups in total. The predicted molar refractivity (Wildman–Crippen MR) is 45.9 cm³/mol. The molecule has 5 heteroatoms. The van der Waals surface area contributed by atoms with Crippen molar-refractivity contribution in [2.45, 2.75) is 6.92 Å². The van der Waals surface area contributed by atoms with Gasteiger partial charge in [-0.3, -0.25) is 0 Å². The number of aryl methyl sites for hydroxylation is 1. The van der Waals surface area contributed by atoms with Gasteiger partial charge in [0.05, 0.1) is 11.3 Å². The van der Waals surface area contributed by atoms with Gasteiger partial charge in [-0.25, -0.2) is 4.79 Å². The normalized spacial score (nSPS) is 10.4. The van der Waals surface area contributed by atoms with Crippen molar-refractivity contribution in [3.8, 4) is 11.3 Å². The van der Waals surface area contributed by atoms with Crippen LogP contribution in [0.3, 0.4) is 0 Å². The average molecular weight is 193 g/mol. The number of hydrogen-bond donors (Lipinski definition) is 1. The first-order valence-electron chi connectivity index (χ1n) is 3.91. The lowest BCUT2D eigenvalue weighted by Crippen LogP contribution is -1.95. The topological polar surface area (TPSA) is 76.5 Å². The molecule has 72 valence electrons. The number of nitrogens with zero attached hydrogens (tertiary/aromatic N) is 1. The summed E-state index contributed by atoms with van der Waals surface area (Å²) in [7, 11) is 0. The zero-order valence-electron chi connectivity index (χ0n) is 7.35. The van der Waals surface area contributed by atoms with E-state index >= 15 is 0 Å². The van der Waals surface area contributed by atoms with Gasteiger partial charge in [-0.2, -0.15) is 0 Å². The Balaban J connectivity index is 2.51. The predicted octanol–water partition coefficient (Wildman–Crippen LogP) is 1.94. The molecule has 0 aliphatic rings. The van der Waals surface area contributed by atoms with E-state index in [9.17, 15) is 4.79 Å². The van der Waals surface area contributed by atoms with Gasteiger partial charge in [-0.05, 0) is 6.92 Å². The second-order valence-corrected chi connectivity index (χ2v) is 2.84. The summed E-state index contributed by atoms with van der Waals surface area (Å²) >= 11 is 0. The highest BCUT2D eigenvalue weighted by Gasteiger charge is 2.17. The van der Waals surface area contributed by atoms with Crippen molar-refractivity contribution in [3.05, 3.63) is 29.9 Å². The molecule has 0 saturated heterocycles. The summed E-state index contributed by atoms with van der Waals surface area (Å²) in [4.78, 5) is 10.7. The molecule has 0 radical (unpaired) electrons. The average Bonchev–Trinajstić information content (AvgIpc) is 2.70. The van der Waals surface area contributed by atoms with Crippen LogP contribution in [0.1, 0.15) is 16.1 Å². The number of carboxylic acids is 1. The molecule has 2 heterocycles. The van der Waals surface area contributed by atoms with Crippen molar-refractivity contribution in [1.29, 1.82) is 0 Å². The van der Waals surface area contributed by atoms with E-state index in [4.69, 9.17) is 14.0 Å². The second-order valence-electron chi connectivity index (χ2n) is 2.84. The van der Waals surface area contributed by atoms with Crippen LogP contribution in [0.15, 0.2) is 27.5 Å². The van der Waals surface area contributed by atoms with Crippen LogP contribution in [0.4, 0.5) is 0 Å². The van der Waals surface area contributed by atoms with Crippen LogP contribution < -0.4 is 0 Å². The number of aromatic carboxylic acids is 1. The maximum absolute atomic E-state index is 10.7. The fourth-order valence-corrected chi connectivity index (χ4v) is 1.14. The third-order valence-electron chi connectivity index (χ3n) is 1.79. The quantitative estimate of drug-likeness (QED) is 0.788. The molecule has 14 heavy (non-hydrogen) atoms. The van der Waals surface area contributed by atoms with E-state index in [2.05, 4.69) is 5.16 Å². The van der Waals surface area contributed by atoms with Crippen LogP contribution in [0.25, 0.3) is 11.3 Å². The van der Waals surface area contributed by atoms with Crippen molar-refractivity contribution in [2.24, 2.45) is 0 Å². The summed E-state index contributed by atoms with van der Waals surface area (Å²) in [5.74, 6) is -0.656. The number of carbonyl (C=O) groups is 1. The highest BCUT2D eigenvalue weighted by Crippen LogP contribution is 2.25. The first kappa shape index (κ1) is 8.55. The van der Waals surface area contributed by atoms with Crippen LogP contribution in [-0.2, 0) is 0 Å². The van der Waals surface area contributed by atoms with Gasteiger partial charge in [-0.1, -0.05) is 5.16 Å². The van der Waals surface area contributed by atoms with Gasteiger partial charge in [0.1, 0.15) is 18.1 Å². The minimum absolute atomic E-state index is 0.0705. The highest BCUT2D eigenvalue weighted by molar-refractivity contribution is 5.94. The first-order chi connectivity index (χ1) is 6.68. The van der Waals surface area contributed by atoms with Gasteiger partial charge in [0, 0.05) is 6.07 Å². The molecule has 0 atom stereocenters. The number of hydrogen-bond acceptors (Lipinski definition) is 4. The van der Waals surface area contributed by atoms with E-state index in [0.717, 1.165) is 6.26 Å². The van der Waals surface area contributed by atoms with E-state index in [1.165, 1.54) is 6.26 Å². The fourth-order valence-electron chi connectivity index (χ4n) is 1.14. The minimum Gasteiger partial charge on any atom is -0.478 e. The van der Waals surface area contributed by atoms with Gasteiger partial charge in [0.2, 0.25) is 0 Å². The molecule has 0 aromatic carbocycles. The number of carboxylic acid groups (broad SMARTS) is 1. The molecular formula is C9H7NO4. The Morgan fingerprint density at radius 1 is 1.50 bits per heavy atom. The SMILES string of the molecule is Cc1cc(-c2cocc2C(=O)O)on1. The van der Waals surface area contributed by atoms with Crippen LogP contribution in [0, 0.1) is 6.92 Å². The van der Waals surface area contributed by atoms with Crippen molar-refractivity contribution >= 4 is 5.97 Å². The van der Waals surface area contributed by atoms with Crippen molar-refractivity contribution in [1.82, 2.24) is 5.16 Å². The molecule has 0 unspecified atom stereocenters. The molecule has 0 aliphatic carbocycles. The van der Waals surface area contributed by atoms with Gasteiger partial charge in [0.25, 0.3) is 0 Å². The van der Waals surface area contributed by atoms with Crippen molar-refractivity contribution in [2.75, 3.05) is 0 Å². The smallest absolute Gasteiger partial charge is 0.339 e. The molecule has 0 saturated carbocycles. The molecule has 5 nitrogen and oxygen atoms in total. The van der Waals surface area contributed by atoms with E-state index < -0.39 is 5.97 Å². The Hall–Kier alpha value is -2.04. The molecule has 2 aromatic heterocycles. The third-order valence-corrected chi connectivity index (χ3v) is 1.79. The monoisotopic (exact) mass is 193 g/mol. The summed E-state index contributed by atoms with van der Waals surface area (Å²) in [6.07, 6.45) is 2.49. The lowest BCUT2D eigenvalue weighted by atomic mass is 10.1. The third kappa shape index (κ3) is 1.28. The van der Waals surface area contributed by atoms with Gasteiger partial charge >= 0.3 is 5.97 Å². The van der Waals surface area contributed by atoms with Crippen LogP contribution in [0.2, 0.25) is 0 Å². The van der Waals surface area contributed by atoms with Gasteiger partial charge < -0.3 is 14.0 Å². The number of furan rings is 1. The minimum atomic E-state index is -1.05. The number of rotatable bonds is 2. The first-order valence-corrected chi connectivity index (χ1v) is 3.91. The van der Waals surface area contributed by atoms with Crippen LogP contribution in [-0.4, -0.2) is 16.2 Å². The van der Waals surface area contributed by atoms with E-state index in [1.54, 1.807) is 13.0 Å². The maximum Gasteiger partial charge on any atom is 0.339 e. The van der Waals surface area contributed by atoms with Crippen molar-refractivity contribution < 1.29 is 18.8 Å². The molecule has 0 aliphatic heterocycles. The second kappa shape index (κ2) is 3.02. The number of aromatic nitrogens is 1. The van der Waals surface area contributed by atoms with E-state index in [0.29, 0.717) is 17.0 Å². The van der Waals surface area contributed by atoms with Gasteiger partial charge in [0.15, 0.2) is 5.76 Å². The fraction of sp³-hybridized carbons (Fsp3) is 0.111. The maximum atomic E-state index is 10.7. The van der Waals surface area contributed by atoms with E-state index in [-0.39, 0.29) is 5.56 Å².